The molecule has 3 rings (SSSR count). The summed E-state index contributed by atoms with van der Waals surface area (Å²) in [5, 5.41) is 10.9. The highest BCUT2D eigenvalue weighted by atomic mass is 32.1. The van der Waals surface area contributed by atoms with Crippen molar-refractivity contribution >= 4 is 28.8 Å². The Morgan fingerprint density at radius 1 is 1.20 bits per heavy atom. The first-order chi connectivity index (χ1) is 9.74. The fourth-order valence-corrected chi connectivity index (χ4v) is 3.09. The minimum absolute atomic E-state index is 0.396. The van der Waals surface area contributed by atoms with Crippen LogP contribution in [0.1, 0.15) is 9.67 Å². The van der Waals surface area contributed by atoms with E-state index in [1.807, 2.05) is 23.6 Å². The predicted octanol–water partition coefficient (Wildman–Crippen LogP) is 2.17. The van der Waals surface area contributed by atoms with E-state index in [9.17, 15) is 4.79 Å². The summed E-state index contributed by atoms with van der Waals surface area (Å²) in [7, 11) is 0. The lowest BCUT2D eigenvalue weighted by Crippen LogP contribution is -2.46. The van der Waals surface area contributed by atoms with Crippen molar-refractivity contribution in [2.45, 2.75) is 0 Å². The Bertz CT molecular complexity index is 591. The minimum Gasteiger partial charge on any atom is -0.477 e. The lowest BCUT2D eigenvalue weighted by Gasteiger charge is -2.36. The van der Waals surface area contributed by atoms with Crippen molar-refractivity contribution in [1.29, 1.82) is 0 Å². The monoisotopic (exact) mass is 289 g/mol. The summed E-state index contributed by atoms with van der Waals surface area (Å²) in [5.74, 6) is 0.150. The third-order valence-corrected chi connectivity index (χ3v) is 4.32. The summed E-state index contributed by atoms with van der Waals surface area (Å²) in [6.07, 6.45) is 1.81. The van der Waals surface area contributed by atoms with Crippen molar-refractivity contribution in [1.82, 2.24) is 4.98 Å². The normalized spacial score (nSPS) is 15.4. The Balaban J connectivity index is 1.65. The van der Waals surface area contributed by atoms with Gasteiger partial charge in [0.25, 0.3) is 0 Å². The van der Waals surface area contributed by atoms with Crippen LogP contribution in [0.5, 0.6) is 0 Å². The largest absolute Gasteiger partial charge is 0.477 e. The van der Waals surface area contributed by atoms with Crippen LogP contribution in [0.15, 0.2) is 35.8 Å². The second-order valence-electron chi connectivity index (χ2n) is 4.64. The molecule has 0 bridgehead atoms. The molecule has 1 aliphatic heterocycles. The molecule has 0 spiro atoms. The lowest BCUT2D eigenvalue weighted by molar-refractivity contribution is 0.0702. The number of carbonyl (C=O) groups is 1. The predicted molar refractivity (Wildman–Crippen MR) is 79.9 cm³/mol. The molecular weight excluding hydrogens is 274 g/mol. The molecule has 20 heavy (non-hydrogen) atoms. The highest BCUT2D eigenvalue weighted by molar-refractivity contribution is 7.12. The van der Waals surface area contributed by atoms with Gasteiger partial charge >= 0.3 is 5.97 Å². The quantitative estimate of drug-likeness (QED) is 0.938. The molecule has 0 saturated carbocycles. The number of hydrogen-bond donors (Lipinski definition) is 1. The molecule has 2 aromatic rings. The van der Waals surface area contributed by atoms with Crippen LogP contribution in [-0.2, 0) is 0 Å². The number of thiophene rings is 1. The second-order valence-corrected chi connectivity index (χ2v) is 5.55. The summed E-state index contributed by atoms with van der Waals surface area (Å²) in [4.78, 5) is 20.1. The smallest absolute Gasteiger partial charge is 0.345 e. The van der Waals surface area contributed by atoms with E-state index in [2.05, 4.69) is 14.8 Å². The molecule has 2 aromatic heterocycles. The van der Waals surface area contributed by atoms with Gasteiger partial charge in [0.2, 0.25) is 0 Å². The van der Waals surface area contributed by atoms with Crippen molar-refractivity contribution in [3.63, 3.8) is 0 Å². The second kappa shape index (κ2) is 5.50. The van der Waals surface area contributed by atoms with E-state index in [0.29, 0.717) is 4.88 Å². The Labute approximate surface area is 121 Å². The van der Waals surface area contributed by atoms with Crippen LogP contribution in [-0.4, -0.2) is 42.2 Å². The molecule has 1 aliphatic rings. The number of piperazine rings is 1. The number of pyridine rings is 1. The first-order valence-electron chi connectivity index (χ1n) is 6.47. The maximum atomic E-state index is 10.9. The first kappa shape index (κ1) is 12.9. The number of nitrogens with zero attached hydrogens (tertiary/aromatic N) is 3. The van der Waals surface area contributed by atoms with E-state index in [0.717, 1.165) is 37.7 Å². The molecule has 0 aliphatic carbocycles. The fraction of sp³-hybridized carbons (Fsp3) is 0.286. The Morgan fingerprint density at radius 3 is 2.55 bits per heavy atom. The van der Waals surface area contributed by atoms with E-state index in [-0.39, 0.29) is 0 Å². The summed E-state index contributed by atoms with van der Waals surface area (Å²) >= 11 is 1.28. The van der Waals surface area contributed by atoms with E-state index in [4.69, 9.17) is 5.11 Å². The number of aromatic nitrogens is 1. The summed E-state index contributed by atoms with van der Waals surface area (Å²) in [6.45, 7) is 3.56. The summed E-state index contributed by atoms with van der Waals surface area (Å²) < 4.78 is 0. The molecule has 1 saturated heterocycles. The Kier molecular flexibility index (Phi) is 3.56. The molecular formula is C14H15N3O2S. The highest BCUT2D eigenvalue weighted by Gasteiger charge is 2.19. The van der Waals surface area contributed by atoms with E-state index < -0.39 is 5.97 Å². The number of carboxylic acids is 1. The van der Waals surface area contributed by atoms with Gasteiger partial charge in [0.1, 0.15) is 10.7 Å². The number of carboxylic acid groups (broad SMARTS) is 1. The lowest BCUT2D eigenvalue weighted by atomic mass is 10.2. The van der Waals surface area contributed by atoms with E-state index in [1.165, 1.54) is 11.3 Å². The molecule has 104 valence electrons. The van der Waals surface area contributed by atoms with Gasteiger partial charge in [-0.25, -0.2) is 9.78 Å². The van der Waals surface area contributed by atoms with Crippen molar-refractivity contribution in [3.05, 3.63) is 40.7 Å². The molecule has 5 nitrogen and oxygen atoms in total. The molecule has 1 fully saturated rings. The standard InChI is InChI=1S/C14H15N3O2S/c18-14(19)12-9-11(10-20-12)16-5-7-17(8-6-16)13-3-1-2-4-15-13/h1-4,9-10H,5-8H2,(H,18,19). The fourth-order valence-electron chi connectivity index (χ4n) is 2.34. The van der Waals surface area contributed by atoms with E-state index >= 15 is 0 Å². The van der Waals surface area contributed by atoms with Gasteiger partial charge in [-0.15, -0.1) is 11.3 Å². The zero-order valence-electron chi connectivity index (χ0n) is 10.9. The molecule has 6 heteroatoms. The SMILES string of the molecule is O=C(O)c1cc(N2CCN(c3ccccn3)CC2)cs1. The van der Waals surface area contributed by atoms with Gasteiger partial charge in [0.15, 0.2) is 0 Å². The number of hydrogen-bond acceptors (Lipinski definition) is 5. The Morgan fingerprint density at radius 2 is 1.95 bits per heavy atom. The average molecular weight is 289 g/mol. The summed E-state index contributed by atoms with van der Waals surface area (Å²) in [5.41, 5.74) is 1.01. The van der Waals surface area contributed by atoms with Crippen LogP contribution in [0, 0.1) is 0 Å². The van der Waals surface area contributed by atoms with Crippen molar-refractivity contribution < 1.29 is 9.90 Å². The van der Waals surface area contributed by atoms with Crippen molar-refractivity contribution in [2.24, 2.45) is 0 Å². The number of anilines is 2. The third kappa shape index (κ3) is 2.60. The van der Waals surface area contributed by atoms with Gasteiger partial charge < -0.3 is 14.9 Å². The third-order valence-electron chi connectivity index (χ3n) is 3.41. The zero-order valence-corrected chi connectivity index (χ0v) is 11.7. The van der Waals surface area contributed by atoms with Gasteiger partial charge in [-0.1, -0.05) is 6.07 Å². The molecule has 3 heterocycles. The van der Waals surface area contributed by atoms with Gasteiger partial charge in [-0.2, -0.15) is 0 Å². The van der Waals surface area contributed by atoms with Crippen molar-refractivity contribution in [2.75, 3.05) is 36.0 Å². The minimum atomic E-state index is -0.853. The van der Waals surface area contributed by atoms with Gasteiger partial charge in [-0.3, -0.25) is 0 Å². The molecule has 0 aromatic carbocycles. The van der Waals surface area contributed by atoms with Crippen LogP contribution in [0.4, 0.5) is 11.5 Å². The van der Waals surface area contributed by atoms with Crippen LogP contribution < -0.4 is 9.80 Å². The van der Waals surface area contributed by atoms with Crippen LogP contribution >= 0.6 is 11.3 Å². The summed E-state index contributed by atoms with van der Waals surface area (Å²) in [6, 6.07) is 7.68. The van der Waals surface area contributed by atoms with Gasteiger partial charge in [-0.05, 0) is 18.2 Å². The van der Waals surface area contributed by atoms with E-state index in [1.54, 1.807) is 12.3 Å². The topological polar surface area (TPSA) is 56.7 Å². The molecule has 0 unspecified atom stereocenters. The zero-order chi connectivity index (χ0) is 13.9. The molecule has 0 radical (unpaired) electrons. The van der Waals surface area contributed by atoms with Gasteiger partial charge in [0, 0.05) is 43.4 Å². The maximum absolute atomic E-state index is 10.9. The van der Waals surface area contributed by atoms with Gasteiger partial charge in [0.05, 0.1) is 0 Å². The average Bonchev–Trinajstić information content (AvgIpc) is 2.98. The molecule has 0 amide bonds. The maximum Gasteiger partial charge on any atom is 0.345 e. The number of aromatic carboxylic acids is 1. The first-order valence-corrected chi connectivity index (χ1v) is 7.35. The van der Waals surface area contributed by atoms with Crippen LogP contribution in [0.3, 0.4) is 0 Å². The van der Waals surface area contributed by atoms with Crippen molar-refractivity contribution in [3.8, 4) is 0 Å². The molecule has 1 N–H and O–H groups in total. The van der Waals surface area contributed by atoms with Crippen LogP contribution in [0.2, 0.25) is 0 Å². The van der Waals surface area contributed by atoms with Crippen LogP contribution in [0.25, 0.3) is 0 Å². The molecule has 0 atom stereocenters. The Hall–Kier alpha value is -2.08. The highest BCUT2D eigenvalue weighted by Crippen LogP contribution is 2.25. The number of rotatable bonds is 3.